The van der Waals surface area contributed by atoms with E-state index in [2.05, 4.69) is 31.8 Å². The Morgan fingerprint density at radius 3 is 2.75 bits per heavy atom. The minimum absolute atomic E-state index is 0.436. The molecule has 2 aromatic carbocycles. The number of aryl methyl sites for hydroxylation is 1. The summed E-state index contributed by atoms with van der Waals surface area (Å²) in [4.78, 5) is 7.30. The van der Waals surface area contributed by atoms with Crippen molar-refractivity contribution in [1.29, 1.82) is 0 Å². The van der Waals surface area contributed by atoms with Gasteiger partial charge in [0, 0.05) is 35.8 Å². The number of fused-ring (bicyclic) bond motifs is 3. The van der Waals surface area contributed by atoms with Crippen LogP contribution in [0.5, 0.6) is 5.75 Å². The summed E-state index contributed by atoms with van der Waals surface area (Å²) in [5.41, 5.74) is 3.69. The lowest BCUT2D eigenvalue weighted by Crippen LogP contribution is -2.37. The molecule has 0 atom stereocenters. The van der Waals surface area contributed by atoms with Gasteiger partial charge in [-0.25, -0.2) is 0 Å². The van der Waals surface area contributed by atoms with Crippen LogP contribution in [-0.2, 0) is 11.3 Å². The zero-order valence-electron chi connectivity index (χ0n) is 18.1. The van der Waals surface area contributed by atoms with Crippen LogP contribution in [0.2, 0.25) is 5.02 Å². The van der Waals surface area contributed by atoms with Crippen LogP contribution < -0.4 is 4.74 Å². The van der Waals surface area contributed by atoms with Crippen LogP contribution in [-0.4, -0.2) is 64.8 Å². The van der Waals surface area contributed by atoms with Crippen LogP contribution in [0.15, 0.2) is 47.5 Å². The molecule has 2 aliphatic rings. The van der Waals surface area contributed by atoms with E-state index in [-0.39, 0.29) is 0 Å². The van der Waals surface area contributed by atoms with Gasteiger partial charge in [0.15, 0.2) is 5.82 Å². The Labute approximate surface area is 192 Å². The lowest BCUT2D eigenvalue weighted by Gasteiger charge is -2.26. The van der Waals surface area contributed by atoms with E-state index >= 15 is 0 Å². The SMILES string of the molecule is Cc1nnc2n1-c1ccc(OCCCN3CCOCC3)cc1C(c1ccccc1Cl)=NC2. The van der Waals surface area contributed by atoms with Crippen LogP contribution >= 0.6 is 11.6 Å². The Balaban J connectivity index is 1.42. The average molecular weight is 452 g/mol. The monoisotopic (exact) mass is 451 g/mol. The van der Waals surface area contributed by atoms with Crippen molar-refractivity contribution in [1.82, 2.24) is 19.7 Å². The number of aliphatic imine (C=N–C) groups is 1. The maximum Gasteiger partial charge on any atom is 0.159 e. The summed E-state index contributed by atoms with van der Waals surface area (Å²) in [5.74, 6) is 2.46. The first-order valence-corrected chi connectivity index (χ1v) is 11.4. The van der Waals surface area contributed by atoms with Crippen LogP contribution in [0, 0.1) is 6.92 Å². The van der Waals surface area contributed by atoms with Crippen LogP contribution in [0.1, 0.15) is 29.2 Å². The molecule has 0 spiro atoms. The van der Waals surface area contributed by atoms with Crippen molar-refractivity contribution in [2.24, 2.45) is 4.99 Å². The van der Waals surface area contributed by atoms with Crippen LogP contribution in [0.3, 0.4) is 0 Å². The largest absolute Gasteiger partial charge is 0.494 e. The molecule has 0 unspecified atom stereocenters. The molecule has 3 aromatic rings. The summed E-state index contributed by atoms with van der Waals surface area (Å²) >= 11 is 6.55. The van der Waals surface area contributed by atoms with Crippen LogP contribution in [0.4, 0.5) is 0 Å². The molecule has 0 amide bonds. The van der Waals surface area contributed by atoms with Crippen molar-refractivity contribution in [2.75, 3.05) is 39.5 Å². The minimum atomic E-state index is 0.436. The molecule has 1 saturated heterocycles. The highest BCUT2D eigenvalue weighted by molar-refractivity contribution is 6.35. The van der Waals surface area contributed by atoms with Crippen molar-refractivity contribution in [3.05, 3.63) is 70.3 Å². The Morgan fingerprint density at radius 2 is 1.91 bits per heavy atom. The maximum atomic E-state index is 6.55. The van der Waals surface area contributed by atoms with E-state index in [0.29, 0.717) is 18.2 Å². The molecule has 1 aromatic heterocycles. The number of hydrogen-bond acceptors (Lipinski definition) is 6. The summed E-state index contributed by atoms with van der Waals surface area (Å²) in [6, 6.07) is 13.9. The van der Waals surface area contributed by atoms with Crippen LogP contribution in [0.25, 0.3) is 5.69 Å². The zero-order chi connectivity index (χ0) is 21.9. The number of halogens is 1. The predicted octanol–water partition coefficient (Wildman–Crippen LogP) is 3.68. The van der Waals surface area contributed by atoms with Gasteiger partial charge in [-0.1, -0.05) is 29.8 Å². The number of benzene rings is 2. The van der Waals surface area contributed by atoms with Gasteiger partial charge >= 0.3 is 0 Å². The summed E-state index contributed by atoms with van der Waals surface area (Å²) in [5, 5.41) is 9.25. The highest BCUT2D eigenvalue weighted by Crippen LogP contribution is 2.31. The Morgan fingerprint density at radius 1 is 1.06 bits per heavy atom. The predicted molar refractivity (Wildman–Crippen MR) is 124 cm³/mol. The Bertz CT molecular complexity index is 1140. The molecule has 32 heavy (non-hydrogen) atoms. The van der Waals surface area contributed by atoms with E-state index in [1.807, 2.05) is 37.3 Å². The minimum Gasteiger partial charge on any atom is -0.494 e. The number of rotatable bonds is 6. The smallest absolute Gasteiger partial charge is 0.159 e. The van der Waals surface area contributed by atoms with E-state index in [1.54, 1.807) is 0 Å². The molecule has 166 valence electrons. The van der Waals surface area contributed by atoms with Crippen molar-refractivity contribution >= 4 is 17.3 Å². The first-order chi connectivity index (χ1) is 15.7. The normalized spacial score (nSPS) is 16.1. The average Bonchev–Trinajstić information content (AvgIpc) is 3.10. The zero-order valence-corrected chi connectivity index (χ0v) is 18.9. The molecule has 3 heterocycles. The molecule has 2 aliphatic heterocycles. The molecule has 0 N–H and O–H groups in total. The third kappa shape index (κ3) is 4.28. The van der Waals surface area contributed by atoms with Gasteiger partial charge in [-0.3, -0.25) is 14.5 Å². The highest BCUT2D eigenvalue weighted by atomic mass is 35.5. The number of aromatic nitrogens is 3. The van der Waals surface area contributed by atoms with E-state index in [4.69, 9.17) is 26.1 Å². The quantitative estimate of drug-likeness (QED) is 0.535. The second-order valence-electron chi connectivity index (χ2n) is 7.98. The van der Waals surface area contributed by atoms with Gasteiger partial charge in [0.2, 0.25) is 0 Å². The number of morpholine rings is 1. The molecule has 8 heteroatoms. The van der Waals surface area contributed by atoms with Gasteiger partial charge in [-0.2, -0.15) is 0 Å². The van der Waals surface area contributed by atoms with Crippen molar-refractivity contribution in [3.63, 3.8) is 0 Å². The molecule has 0 saturated carbocycles. The lowest BCUT2D eigenvalue weighted by molar-refractivity contribution is 0.0358. The standard InChI is InChI=1S/C24H26ClN5O2/c1-17-27-28-23-16-26-24(19-5-2-3-6-21(19)25)20-15-18(7-8-22(20)30(17)23)32-12-4-9-29-10-13-31-14-11-29/h2-3,5-8,15H,4,9-14,16H2,1H3. The summed E-state index contributed by atoms with van der Waals surface area (Å²) in [6.45, 7) is 7.70. The fraction of sp³-hybridized carbons (Fsp3) is 0.375. The van der Waals surface area contributed by atoms with Gasteiger partial charge in [-0.15, -0.1) is 10.2 Å². The number of nitrogens with zero attached hydrogens (tertiary/aromatic N) is 5. The third-order valence-electron chi connectivity index (χ3n) is 5.85. The second kappa shape index (κ2) is 9.40. The van der Waals surface area contributed by atoms with Crippen molar-refractivity contribution in [3.8, 4) is 11.4 Å². The van der Waals surface area contributed by atoms with E-state index in [1.165, 1.54) is 0 Å². The molecule has 1 fully saturated rings. The van der Waals surface area contributed by atoms with E-state index in [0.717, 1.165) is 79.2 Å². The third-order valence-corrected chi connectivity index (χ3v) is 6.18. The van der Waals surface area contributed by atoms with Gasteiger partial charge in [0.05, 0.1) is 31.2 Å². The van der Waals surface area contributed by atoms with Crippen molar-refractivity contribution in [2.45, 2.75) is 19.9 Å². The fourth-order valence-electron chi connectivity index (χ4n) is 4.23. The summed E-state index contributed by atoms with van der Waals surface area (Å²) in [7, 11) is 0. The highest BCUT2D eigenvalue weighted by Gasteiger charge is 2.23. The summed E-state index contributed by atoms with van der Waals surface area (Å²) in [6.07, 6.45) is 0.969. The molecular weight excluding hydrogens is 426 g/mol. The van der Waals surface area contributed by atoms with Gasteiger partial charge in [0.25, 0.3) is 0 Å². The fourth-order valence-corrected chi connectivity index (χ4v) is 4.46. The van der Waals surface area contributed by atoms with Gasteiger partial charge in [-0.05, 0) is 37.6 Å². The first kappa shape index (κ1) is 21.1. The molecule has 5 rings (SSSR count). The molecule has 7 nitrogen and oxygen atoms in total. The van der Waals surface area contributed by atoms with Crippen molar-refractivity contribution < 1.29 is 9.47 Å². The second-order valence-corrected chi connectivity index (χ2v) is 8.39. The topological polar surface area (TPSA) is 64.8 Å². The number of hydrogen-bond donors (Lipinski definition) is 0. The summed E-state index contributed by atoms with van der Waals surface area (Å²) < 4.78 is 13.6. The molecule has 0 radical (unpaired) electrons. The van der Waals surface area contributed by atoms with Gasteiger partial charge < -0.3 is 9.47 Å². The molecule has 0 bridgehead atoms. The number of ether oxygens (including phenoxy) is 2. The van der Waals surface area contributed by atoms with E-state index < -0.39 is 0 Å². The lowest BCUT2D eigenvalue weighted by atomic mass is 10.00. The van der Waals surface area contributed by atoms with E-state index in [9.17, 15) is 0 Å². The molecule has 0 aliphatic carbocycles. The first-order valence-electron chi connectivity index (χ1n) is 11.0. The maximum absolute atomic E-state index is 6.55. The Kier molecular flexibility index (Phi) is 6.21. The van der Waals surface area contributed by atoms with Gasteiger partial charge in [0.1, 0.15) is 18.1 Å². The Hall–Kier alpha value is -2.74. The molecular formula is C24H26ClN5O2.